The Kier molecular flexibility index (Phi) is 11.5. The number of amides is 3. The maximum absolute atomic E-state index is 15.4. The van der Waals surface area contributed by atoms with Crippen LogP contribution in [0, 0.1) is 5.41 Å². The molecule has 2 saturated heterocycles. The van der Waals surface area contributed by atoms with E-state index in [1.54, 1.807) is 44.9 Å². The second-order valence-corrected chi connectivity index (χ2v) is 16.1. The first-order chi connectivity index (χ1) is 27.1. The molecule has 3 amide bonds. The van der Waals surface area contributed by atoms with Gasteiger partial charge in [0.05, 0.1) is 72.4 Å². The number of rotatable bonds is 12. The summed E-state index contributed by atoms with van der Waals surface area (Å²) in [6.07, 6.45) is 7.93. The van der Waals surface area contributed by atoms with Gasteiger partial charge in [-0.1, -0.05) is 60.8 Å². The third-order valence-electron chi connectivity index (χ3n) is 10.8. The number of carbonyl (C=O) groups is 3. The molecule has 0 atom stereocenters. The van der Waals surface area contributed by atoms with Gasteiger partial charge in [0.15, 0.2) is 10.3 Å². The number of anilines is 4. The number of carbonyl (C=O) groups excluding carboxylic acids is 3. The lowest BCUT2D eigenvalue weighted by Gasteiger charge is -2.41. The zero-order chi connectivity index (χ0) is 39.6. The molecule has 14 nitrogen and oxygen atoms in total. The van der Waals surface area contributed by atoms with E-state index in [2.05, 4.69) is 15.1 Å². The number of morpholine rings is 2. The molecule has 1 aliphatic carbocycles. The van der Waals surface area contributed by atoms with E-state index in [0.29, 0.717) is 65.6 Å². The van der Waals surface area contributed by atoms with Crippen LogP contribution in [0.3, 0.4) is 0 Å². The summed E-state index contributed by atoms with van der Waals surface area (Å²) in [6.45, 7) is 10.9. The number of likely N-dealkylation sites (N-methyl/N-ethyl adjacent to an activating group) is 1. The van der Waals surface area contributed by atoms with Crippen LogP contribution in [0.5, 0.6) is 11.5 Å². The lowest BCUT2D eigenvalue weighted by molar-refractivity contribution is -0.133. The van der Waals surface area contributed by atoms with Gasteiger partial charge in [-0.25, -0.2) is 14.9 Å². The number of nitrogens with one attached hydrogen (secondary N) is 1. The maximum atomic E-state index is 15.4. The summed E-state index contributed by atoms with van der Waals surface area (Å²) in [5.41, 5.74) is 1.10. The van der Waals surface area contributed by atoms with Crippen molar-refractivity contribution in [2.45, 2.75) is 39.2 Å². The molecular formula is C40H49N7O7S2. The second-order valence-electron chi connectivity index (χ2n) is 14.1. The van der Waals surface area contributed by atoms with Crippen LogP contribution in [0.1, 0.15) is 33.6 Å². The normalized spacial score (nSPS) is 21.0. The molecule has 2 aromatic heterocycles. The largest absolute Gasteiger partial charge is 0.494 e. The highest BCUT2D eigenvalue weighted by molar-refractivity contribution is 7.25. The molecule has 0 unspecified atom stereocenters. The van der Waals surface area contributed by atoms with E-state index in [0.717, 1.165) is 47.0 Å². The minimum absolute atomic E-state index is 0.0967. The average Bonchev–Trinajstić information content (AvgIpc) is 3.89. The summed E-state index contributed by atoms with van der Waals surface area (Å²) in [5, 5.41) is 3.82. The Morgan fingerprint density at radius 1 is 0.786 bits per heavy atom. The van der Waals surface area contributed by atoms with E-state index in [9.17, 15) is 9.59 Å². The molecule has 298 valence electrons. The number of ether oxygens (including phenoxy) is 4. The SMILES string of the molecule is CCC(=O)NCC1(N(C)C(=O)CC)C=CC(C)(C(=O)N(c2nc3c(OC)ccc(N4CCOCC4)c3s2)c2nc3c(OC)ccc(N4CCOCC4)c3s2)C=C1. The molecule has 2 aromatic carbocycles. The number of hydrogen-bond donors (Lipinski definition) is 1. The van der Waals surface area contributed by atoms with Crippen LogP contribution >= 0.6 is 22.7 Å². The zero-order valence-corrected chi connectivity index (χ0v) is 34.4. The number of nitrogens with zero attached hydrogens (tertiary/aromatic N) is 6. The fourth-order valence-corrected chi connectivity index (χ4v) is 9.53. The van der Waals surface area contributed by atoms with Crippen LogP contribution < -0.4 is 29.5 Å². The van der Waals surface area contributed by atoms with E-state index in [1.807, 2.05) is 55.5 Å². The number of thiazole rings is 2. The Morgan fingerprint density at radius 2 is 1.27 bits per heavy atom. The molecule has 2 fully saturated rings. The predicted octanol–water partition coefficient (Wildman–Crippen LogP) is 5.53. The average molecular weight is 804 g/mol. The van der Waals surface area contributed by atoms with Gasteiger partial charge < -0.3 is 39.0 Å². The van der Waals surface area contributed by atoms with Crippen molar-refractivity contribution in [3.63, 3.8) is 0 Å². The first kappa shape index (κ1) is 39.5. The fraction of sp³-hybridized carbons (Fsp3) is 0.475. The first-order valence-electron chi connectivity index (χ1n) is 19.0. The van der Waals surface area contributed by atoms with Gasteiger partial charge >= 0.3 is 0 Å². The molecule has 0 saturated carbocycles. The number of fused-ring (bicyclic) bond motifs is 2. The molecule has 0 bridgehead atoms. The van der Waals surface area contributed by atoms with Gasteiger partial charge in [0.2, 0.25) is 17.7 Å². The summed E-state index contributed by atoms with van der Waals surface area (Å²) < 4.78 is 24.7. The number of hydrogen-bond acceptors (Lipinski definition) is 13. The van der Waals surface area contributed by atoms with Gasteiger partial charge in [0, 0.05) is 52.6 Å². The fourth-order valence-electron chi connectivity index (χ4n) is 7.22. The quantitative estimate of drug-likeness (QED) is 0.181. The van der Waals surface area contributed by atoms with Crippen molar-refractivity contribution in [1.82, 2.24) is 20.2 Å². The number of aromatic nitrogens is 2. The minimum Gasteiger partial charge on any atom is -0.494 e. The van der Waals surface area contributed by atoms with Gasteiger partial charge in [-0.3, -0.25) is 14.4 Å². The molecule has 16 heteroatoms. The molecule has 4 aromatic rings. The smallest absolute Gasteiger partial charge is 0.248 e. The highest BCUT2D eigenvalue weighted by Crippen LogP contribution is 2.48. The van der Waals surface area contributed by atoms with E-state index >= 15 is 4.79 Å². The Bertz CT molecular complexity index is 2050. The summed E-state index contributed by atoms with van der Waals surface area (Å²) in [6, 6.07) is 7.91. The summed E-state index contributed by atoms with van der Waals surface area (Å²) in [7, 11) is 4.95. The highest BCUT2D eigenvalue weighted by atomic mass is 32.1. The summed E-state index contributed by atoms with van der Waals surface area (Å²) in [4.78, 5) is 59.0. The molecule has 0 spiro atoms. The van der Waals surface area contributed by atoms with Crippen molar-refractivity contribution >= 4 is 82.5 Å². The standard InChI is InChI=1S/C40H49N7O7S2/c1-7-30(48)41-25-40(44(4)31(49)8-2)15-13-39(3,14-16-40)36(50)47(37-42-32-28(51-5)11-9-26(34(32)55-37)45-17-21-53-22-18-45)38-43-33-29(52-6)12-10-27(35(33)56-38)46-19-23-54-24-20-46/h9-16H,7-8,17-25H2,1-6H3,(H,41,48). The van der Waals surface area contributed by atoms with E-state index < -0.39 is 11.0 Å². The van der Waals surface area contributed by atoms with Crippen molar-refractivity contribution in [2.24, 2.45) is 5.41 Å². The molecule has 1 N–H and O–H groups in total. The molecule has 0 radical (unpaired) electrons. The Hall–Kier alpha value is -4.77. The molecule has 3 aliphatic rings. The van der Waals surface area contributed by atoms with Crippen molar-refractivity contribution in [2.75, 3.05) is 95.1 Å². The lowest BCUT2D eigenvalue weighted by atomic mass is 9.78. The van der Waals surface area contributed by atoms with Crippen molar-refractivity contribution < 1.29 is 33.3 Å². The summed E-state index contributed by atoms with van der Waals surface area (Å²) in [5.74, 6) is 0.667. The first-order valence-corrected chi connectivity index (χ1v) is 20.6. The van der Waals surface area contributed by atoms with Crippen molar-refractivity contribution in [1.29, 1.82) is 0 Å². The van der Waals surface area contributed by atoms with E-state index in [1.165, 1.54) is 22.7 Å². The zero-order valence-electron chi connectivity index (χ0n) is 32.8. The van der Waals surface area contributed by atoms with Crippen LogP contribution in [0.4, 0.5) is 21.6 Å². The van der Waals surface area contributed by atoms with Crippen LogP contribution in [0.2, 0.25) is 0 Å². The van der Waals surface area contributed by atoms with E-state index in [-0.39, 0.29) is 30.7 Å². The number of benzene rings is 2. The molecule has 2 aliphatic heterocycles. The minimum atomic E-state index is -1.20. The van der Waals surface area contributed by atoms with E-state index in [4.69, 9.17) is 28.9 Å². The monoisotopic (exact) mass is 803 g/mol. The Labute approximate surface area is 334 Å². The van der Waals surface area contributed by atoms with Crippen LogP contribution in [0.15, 0.2) is 48.6 Å². The topological polar surface area (TPSA) is 139 Å². The van der Waals surface area contributed by atoms with Gasteiger partial charge in [0.1, 0.15) is 22.5 Å². The molecule has 4 heterocycles. The highest BCUT2D eigenvalue weighted by Gasteiger charge is 2.43. The van der Waals surface area contributed by atoms with Gasteiger partial charge in [-0.15, -0.1) is 0 Å². The maximum Gasteiger partial charge on any atom is 0.248 e. The van der Waals surface area contributed by atoms with Crippen LogP contribution in [0.25, 0.3) is 20.4 Å². The number of methoxy groups -OCH3 is 2. The van der Waals surface area contributed by atoms with Crippen LogP contribution in [-0.4, -0.2) is 119 Å². The predicted molar refractivity (Wildman–Crippen MR) is 221 cm³/mol. The van der Waals surface area contributed by atoms with Gasteiger partial charge in [-0.05, 0) is 31.2 Å². The lowest BCUT2D eigenvalue weighted by Crippen LogP contribution is -2.55. The summed E-state index contributed by atoms with van der Waals surface area (Å²) >= 11 is 2.82. The molecule has 7 rings (SSSR count). The van der Waals surface area contributed by atoms with Crippen LogP contribution in [-0.2, 0) is 23.9 Å². The van der Waals surface area contributed by atoms with Crippen molar-refractivity contribution in [3.8, 4) is 11.5 Å². The molecule has 56 heavy (non-hydrogen) atoms. The third-order valence-corrected chi connectivity index (χ3v) is 12.9. The Balaban J connectivity index is 1.38. The van der Waals surface area contributed by atoms with Crippen molar-refractivity contribution in [3.05, 3.63) is 48.6 Å². The van der Waals surface area contributed by atoms with Gasteiger partial charge in [0.25, 0.3) is 0 Å². The Morgan fingerprint density at radius 3 is 1.70 bits per heavy atom. The van der Waals surface area contributed by atoms with Gasteiger partial charge in [-0.2, -0.15) is 0 Å². The molecular weight excluding hydrogens is 755 g/mol. The second kappa shape index (κ2) is 16.4. The third kappa shape index (κ3) is 7.30.